The number of methoxy groups -OCH3 is 1. The van der Waals surface area contributed by atoms with Crippen molar-refractivity contribution in [3.63, 3.8) is 0 Å². The number of nitrogens with one attached hydrogen (secondary N) is 2. The van der Waals surface area contributed by atoms with Gasteiger partial charge < -0.3 is 10.1 Å². The summed E-state index contributed by atoms with van der Waals surface area (Å²) in [5.74, 6) is 0.280. The molecule has 2 aromatic rings. The Morgan fingerprint density at radius 2 is 2.11 bits per heavy atom. The van der Waals surface area contributed by atoms with Crippen LogP contribution in [0.1, 0.15) is 21.7 Å². The zero-order valence-electron chi connectivity index (χ0n) is 9.88. The van der Waals surface area contributed by atoms with Crippen molar-refractivity contribution in [3.05, 3.63) is 41.2 Å². The third-order valence-corrected chi connectivity index (χ3v) is 2.38. The Morgan fingerprint density at radius 3 is 2.72 bits per heavy atom. The molecule has 0 saturated heterocycles. The van der Waals surface area contributed by atoms with Gasteiger partial charge in [-0.15, -0.1) is 10.2 Å². The Hall–Kier alpha value is -2.28. The third kappa shape index (κ3) is 3.11. The van der Waals surface area contributed by atoms with Gasteiger partial charge in [-0.3, -0.25) is 0 Å². The summed E-state index contributed by atoms with van der Waals surface area (Å²) in [6, 6.07) is 7.21. The van der Waals surface area contributed by atoms with E-state index < -0.39 is 0 Å². The predicted molar refractivity (Wildman–Crippen MR) is 62.5 cm³/mol. The standard InChI is InChI=1S/C11H13N5O2/c1-18-11(17)9-4-2-8(3-5-9)6-12-7-10-13-15-16-14-10/h2-5,12H,6-7H2,1H3,(H,13,14,15,16). The third-order valence-electron chi connectivity index (χ3n) is 2.38. The lowest BCUT2D eigenvalue weighted by molar-refractivity contribution is 0.0600. The molecule has 0 atom stereocenters. The first-order chi connectivity index (χ1) is 8.79. The molecule has 0 fully saturated rings. The van der Waals surface area contributed by atoms with Crippen molar-refractivity contribution >= 4 is 5.97 Å². The molecule has 7 nitrogen and oxygen atoms in total. The van der Waals surface area contributed by atoms with E-state index in [0.29, 0.717) is 24.5 Å². The van der Waals surface area contributed by atoms with Crippen LogP contribution in [0.4, 0.5) is 0 Å². The van der Waals surface area contributed by atoms with Crippen LogP contribution in [-0.2, 0) is 17.8 Å². The van der Waals surface area contributed by atoms with Gasteiger partial charge in [0.2, 0.25) is 0 Å². The molecule has 1 aromatic heterocycles. The Labute approximate surface area is 104 Å². The second-order valence-corrected chi connectivity index (χ2v) is 3.62. The van der Waals surface area contributed by atoms with Crippen molar-refractivity contribution < 1.29 is 9.53 Å². The van der Waals surface area contributed by atoms with E-state index in [0.717, 1.165) is 5.56 Å². The predicted octanol–water partition coefficient (Wildman–Crippen LogP) is 0.276. The van der Waals surface area contributed by atoms with E-state index in [1.54, 1.807) is 12.1 Å². The van der Waals surface area contributed by atoms with E-state index in [9.17, 15) is 4.79 Å². The lowest BCUT2D eigenvalue weighted by Gasteiger charge is -2.03. The van der Waals surface area contributed by atoms with Gasteiger partial charge in [0.15, 0.2) is 5.82 Å². The number of ether oxygens (including phenoxy) is 1. The van der Waals surface area contributed by atoms with E-state index in [-0.39, 0.29) is 5.97 Å². The van der Waals surface area contributed by atoms with Crippen LogP contribution in [-0.4, -0.2) is 33.7 Å². The van der Waals surface area contributed by atoms with Crippen molar-refractivity contribution in [1.29, 1.82) is 0 Å². The molecular weight excluding hydrogens is 234 g/mol. The fourth-order valence-corrected chi connectivity index (χ4v) is 1.45. The number of carbonyl (C=O) groups is 1. The summed E-state index contributed by atoms with van der Waals surface area (Å²) in [6.07, 6.45) is 0. The molecule has 94 valence electrons. The van der Waals surface area contributed by atoms with Gasteiger partial charge in [0.05, 0.1) is 19.2 Å². The first-order valence-corrected chi connectivity index (χ1v) is 5.40. The maximum absolute atomic E-state index is 11.2. The van der Waals surface area contributed by atoms with Gasteiger partial charge in [0.25, 0.3) is 0 Å². The summed E-state index contributed by atoms with van der Waals surface area (Å²) in [7, 11) is 1.36. The zero-order valence-corrected chi connectivity index (χ0v) is 9.88. The second-order valence-electron chi connectivity index (χ2n) is 3.62. The molecule has 1 heterocycles. The van der Waals surface area contributed by atoms with E-state index in [1.807, 2.05) is 12.1 Å². The summed E-state index contributed by atoms with van der Waals surface area (Å²) in [6.45, 7) is 1.20. The number of hydrogen-bond donors (Lipinski definition) is 2. The maximum atomic E-state index is 11.2. The number of hydrogen-bond acceptors (Lipinski definition) is 6. The van der Waals surface area contributed by atoms with Crippen molar-refractivity contribution in [2.75, 3.05) is 7.11 Å². The van der Waals surface area contributed by atoms with Crippen LogP contribution in [0.25, 0.3) is 0 Å². The molecule has 0 amide bonds. The number of aromatic nitrogens is 4. The first kappa shape index (κ1) is 12.2. The summed E-state index contributed by atoms with van der Waals surface area (Å²) in [5.41, 5.74) is 1.60. The summed E-state index contributed by atoms with van der Waals surface area (Å²) in [4.78, 5) is 11.2. The Kier molecular flexibility index (Phi) is 3.98. The van der Waals surface area contributed by atoms with Gasteiger partial charge in [-0.1, -0.05) is 17.3 Å². The van der Waals surface area contributed by atoms with Gasteiger partial charge in [-0.25, -0.2) is 4.79 Å². The lowest BCUT2D eigenvalue weighted by atomic mass is 10.1. The Bertz CT molecular complexity index is 495. The van der Waals surface area contributed by atoms with Crippen LogP contribution in [0.15, 0.2) is 24.3 Å². The van der Waals surface area contributed by atoms with Gasteiger partial charge in [0, 0.05) is 6.54 Å². The average molecular weight is 247 g/mol. The molecule has 0 bridgehead atoms. The van der Waals surface area contributed by atoms with Crippen LogP contribution in [0.5, 0.6) is 0 Å². The summed E-state index contributed by atoms with van der Waals surface area (Å²) in [5, 5.41) is 16.7. The number of benzene rings is 1. The largest absolute Gasteiger partial charge is 0.465 e. The highest BCUT2D eigenvalue weighted by Crippen LogP contribution is 2.05. The second kappa shape index (κ2) is 5.87. The normalized spacial score (nSPS) is 10.3. The van der Waals surface area contributed by atoms with Crippen molar-refractivity contribution in [3.8, 4) is 0 Å². The summed E-state index contributed by atoms with van der Waals surface area (Å²) < 4.78 is 4.62. The number of aromatic amines is 1. The minimum absolute atomic E-state index is 0.332. The zero-order chi connectivity index (χ0) is 12.8. The van der Waals surface area contributed by atoms with Gasteiger partial charge >= 0.3 is 5.97 Å². The van der Waals surface area contributed by atoms with Crippen molar-refractivity contribution in [1.82, 2.24) is 25.9 Å². The number of H-pyrrole nitrogens is 1. The Balaban J connectivity index is 1.85. The molecule has 0 unspecified atom stereocenters. The fraction of sp³-hybridized carbons (Fsp3) is 0.273. The topological polar surface area (TPSA) is 92.8 Å². The van der Waals surface area contributed by atoms with Crippen LogP contribution in [0.2, 0.25) is 0 Å². The highest BCUT2D eigenvalue weighted by atomic mass is 16.5. The fourth-order valence-electron chi connectivity index (χ4n) is 1.45. The van der Waals surface area contributed by atoms with Crippen LogP contribution in [0, 0.1) is 0 Å². The van der Waals surface area contributed by atoms with Crippen LogP contribution >= 0.6 is 0 Å². The molecule has 2 N–H and O–H groups in total. The van der Waals surface area contributed by atoms with Gasteiger partial charge in [-0.2, -0.15) is 5.21 Å². The maximum Gasteiger partial charge on any atom is 0.337 e. The van der Waals surface area contributed by atoms with Crippen LogP contribution in [0.3, 0.4) is 0 Å². The molecule has 2 rings (SSSR count). The van der Waals surface area contributed by atoms with Gasteiger partial charge in [0.1, 0.15) is 0 Å². The number of esters is 1. The molecule has 0 spiro atoms. The van der Waals surface area contributed by atoms with Crippen molar-refractivity contribution in [2.24, 2.45) is 0 Å². The highest BCUT2D eigenvalue weighted by Gasteiger charge is 2.04. The van der Waals surface area contributed by atoms with E-state index >= 15 is 0 Å². The monoisotopic (exact) mass is 247 g/mol. The molecule has 0 radical (unpaired) electrons. The first-order valence-electron chi connectivity index (χ1n) is 5.40. The molecule has 0 aliphatic rings. The number of carbonyl (C=O) groups excluding carboxylic acids is 1. The number of nitrogens with zero attached hydrogens (tertiary/aromatic N) is 3. The molecule has 18 heavy (non-hydrogen) atoms. The molecule has 7 heteroatoms. The molecular formula is C11H13N5O2. The number of rotatable bonds is 5. The minimum Gasteiger partial charge on any atom is -0.465 e. The Morgan fingerprint density at radius 1 is 1.33 bits per heavy atom. The summed E-state index contributed by atoms with van der Waals surface area (Å²) >= 11 is 0. The molecule has 1 aromatic carbocycles. The van der Waals surface area contributed by atoms with Crippen molar-refractivity contribution in [2.45, 2.75) is 13.1 Å². The minimum atomic E-state index is -0.332. The van der Waals surface area contributed by atoms with E-state index in [4.69, 9.17) is 0 Å². The van der Waals surface area contributed by atoms with Gasteiger partial charge in [-0.05, 0) is 17.7 Å². The van der Waals surface area contributed by atoms with E-state index in [2.05, 4.69) is 30.7 Å². The quantitative estimate of drug-likeness (QED) is 0.737. The lowest BCUT2D eigenvalue weighted by Crippen LogP contribution is -2.14. The smallest absolute Gasteiger partial charge is 0.337 e. The molecule has 0 saturated carbocycles. The number of tetrazole rings is 1. The molecule has 0 aliphatic heterocycles. The molecule has 0 aliphatic carbocycles. The average Bonchev–Trinajstić information content (AvgIpc) is 2.92. The SMILES string of the molecule is COC(=O)c1ccc(CNCc2nn[nH]n2)cc1. The van der Waals surface area contributed by atoms with E-state index in [1.165, 1.54) is 7.11 Å². The van der Waals surface area contributed by atoms with Crippen LogP contribution < -0.4 is 5.32 Å². The highest BCUT2D eigenvalue weighted by molar-refractivity contribution is 5.89.